The summed E-state index contributed by atoms with van der Waals surface area (Å²) >= 11 is 6.19. The number of aromatic nitrogens is 3. The molecule has 1 fully saturated rings. The van der Waals surface area contributed by atoms with Crippen molar-refractivity contribution in [2.75, 3.05) is 0 Å². The maximum Gasteiger partial charge on any atom is 0.268 e. The summed E-state index contributed by atoms with van der Waals surface area (Å²) in [6, 6.07) is 3.73. The van der Waals surface area contributed by atoms with Crippen molar-refractivity contribution in [3.63, 3.8) is 0 Å². The lowest BCUT2D eigenvalue weighted by Gasteiger charge is -2.23. The SMILES string of the molecule is CC.N#CB1CCCC(c2cc(Cl)n3nccc3n2)C1. The molecule has 1 atom stereocenters. The predicted octanol–water partition coefficient (Wildman–Crippen LogP) is 3.84. The van der Waals surface area contributed by atoms with Crippen LogP contribution in [0.3, 0.4) is 0 Å². The first-order valence-electron chi connectivity index (χ1n) is 7.17. The topological polar surface area (TPSA) is 54.0 Å². The molecule has 0 aromatic carbocycles. The molecule has 2 aromatic rings. The molecule has 0 spiro atoms. The quantitative estimate of drug-likeness (QED) is 0.591. The number of hydrogen-bond donors (Lipinski definition) is 0. The number of hydrogen-bond acceptors (Lipinski definition) is 3. The van der Waals surface area contributed by atoms with E-state index in [2.05, 4.69) is 16.1 Å². The molecule has 3 rings (SSSR count). The van der Waals surface area contributed by atoms with Gasteiger partial charge in [0.15, 0.2) is 5.65 Å². The smallest absolute Gasteiger partial charge is 0.233 e. The van der Waals surface area contributed by atoms with Gasteiger partial charge in [-0.25, -0.2) is 14.8 Å². The van der Waals surface area contributed by atoms with Crippen molar-refractivity contribution in [2.24, 2.45) is 0 Å². The first-order chi connectivity index (χ1) is 9.78. The molecular weight excluding hydrogens is 270 g/mol. The van der Waals surface area contributed by atoms with Crippen LogP contribution in [-0.4, -0.2) is 21.3 Å². The summed E-state index contributed by atoms with van der Waals surface area (Å²) in [5.41, 5.74) is 1.77. The van der Waals surface area contributed by atoms with Gasteiger partial charge in [0, 0.05) is 17.7 Å². The van der Waals surface area contributed by atoms with E-state index >= 15 is 0 Å². The molecule has 20 heavy (non-hydrogen) atoms. The third-order valence-corrected chi connectivity index (χ3v) is 3.88. The van der Waals surface area contributed by atoms with Gasteiger partial charge in [0.2, 0.25) is 0 Å². The molecule has 2 aromatic heterocycles. The molecule has 0 radical (unpaired) electrons. The van der Waals surface area contributed by atoms with Crippen LogP contribution in [0.4, 0.5) is 0 Å². The minimum absolute atomic E-state index is 0.158. The number of nitriles is 1. The van der Waals surface area contributed by atoms with E-state index in [4.69, 9.17) is 16.9 Å². The van der Waals surface area contributed by atoms with Crippen molar-refractivity contribution in [1.29, 1.82) is 5.26 Å². The molecule has 3 heterocycles. The lowest BCUT2D eigenvalue weighted by molar-refractivity contribution is 0.614. The molecule has 4 nitrogen and oxygen atoms in total. The fraction of sp³-hybridized carbons (Fsp3) is 0.500. The summed E-state index contributed by atoms with van der Waals surface area (Å²) in [7, 11) is 0. The lowest BCUT2D eigenvalue weighted by Crippen LogP contribution is -2.21. The Morgan fingerprint density at radius 1 is 1.50 bits per heavy atom. The van der Waals surface area contributed by atoms with Crippen LogP contribution in [0.25, 0.3) is 5.65 Å². The Hall–Kier alpha value is -1.54. The van der Waals surface area contributed by atoms with E-state index < -0.39 is 0 Å². The minimum atomic E-state index is 0.158. The first kappa shape index (κ1) is 14.9. The maximum atomic E-state index is 9.04. The van der Waals surface area contributed by atoms with Crippen LogP contribution in [0.2, 0.25) is 17.8 Å². The molecule has 6 heteroatoms. The fourth-order valence-electron chi connectivity index (χ4n) is 2.68. The van der Waals surface area contributed by atoms with Crippen LogP contribution in [0.1, 0.15) is 38.3 Å². The van der Waals surface area contributed by atoms with Gasteiger partial charge in [-0.05, 0) is 18.4 Å². The molecule has 104 valence electrons. The fourth-order valence-corrected chi connectivity index (χ4v) is 2.92. The number of halogens is 1. The summed E-state index contributed by atoms with van der Waals surface area (Å²) in [5.74, 6) is 2.72. The zero-order valence-corrected chi connectivity index (χ0v) is 12.6. The third kappa shape index (κ3) is 2.96. The molecular formula is C14H18BClN4. The normalized spacial score (nSPS) is 18.3. The summed E-state index contributed by atoms with van der Waals surface area (Å²) in [6.07, 6.45) is 5.77. The molecule has 0 bridgehead atoms. The zero-order valence-electron chi connectivity index (χ0n) is 11.9. The Balaban J connectivity index is 0.000000704. The van der Waals surface area contributed by atoms with E-state index in [0.717, 1.165) is 36.8 Å². The zero-order chi connectivity index (χ0) is 14.5. The summed E-state index contributed by atoms with van der Waals surface area (Å²) < 4.78 is 1.62. The molecule has 1 aliphatic heterocycles. The van der Waals surface area contributed by atoms with Gasteiger partial charge in [0.05, 0.1) is 6.20 Å². The van der Waals surface area contributed by atoms with Crippen molar-refractivity contribution in [3.05, 3.63) is 29.2 Å². The molecule has 0 amide bonds. The van der Waals surface area contributed by atoms with Crippen LogP contribution in [-0.2, 0) is 0 Å². The molecule has 0 saturated carbocycles. The number of rotatable bonds is 1. The summed E-state index contributed by atoms with van der Waals surface area (Å²) in [6.45, 7) is 4.16. The average molecular weight is 289 g/mol. The van der Waals surface area contributed by atoms with Gasteiger partial charge >= 0.3 is 0 Å². The van der Waals surface area contributed by atoms with Crippen molar-refractivity contribution >= 4 is 24.0 Å². The predicted molar refractivity (Wildman–Crippen MR) is 82.3 cm³/mol. The van der Waals surface area contributed by atoms with E-state index in [1.54, 1.807) is 10.7 Å². The lowest BCUT2D eigenvalue weighted by atomic mass is 9.41. The van der Waals surface area contributed by atoms with Gasteiger partial charge in [0.25, 0.3) is 6.71 Å². The monoisotopic (exact) mass is 288 g/mol. The largest absolute Gasteiger partial charge is 0.268 e. The van der Waals surface area contributed by atoms with Crippen LogP contribution in [0.5, 0.6) is 0 Å². The molecule has 0 N–H and O–H groups in total. The van der Waals surface area contributed by atoms with Crippen molar-refractivity contribution < 1.29 is 0 Å². The molecule has 0 aliphatic carbocycles. The minimum Gasteiger partial charge on any atom is -0.233 e. The molecule has 1 saturated heterocycles. The average Bonchev–Trinajstić information content (AvgIpc) is 2.98. The second-order valence-corrected chi connectivity index (χ2v) is 5.18. The first-order valence-corrected chi connectivity index (χ1v) is 7.55. The highest BCUT2D eigenvalue weighted by Gasteiger charge is 2.27. The van der Waals surface area contributed by atoms with E-state index in [-0.39, 0.29) is 6.71 Å². The van der Waals surface area contributed by atoms with Gasteiger partial charge in [-0.2, -0.15) is 5.10 Å². The second kappa shape index (κ2) is 6.76. The standard InChI is InChI=1S/C12H12BClN4.C2H6/c14-11-6-10(17-12-3-5-16-18(11)12)9-2-1-4-13(7-9)8-15;1-2/h3,5-6,9H,1-2,4,7H2;1-2H3. The van der Waals surface area contributed by atoms with Gasteiger partial charge in [-0.1, -0.05) is 44.5 Å². The molecule has 1 aliphatic rings. The van der Waals surface area contributed by atoms with Gasteiger partial charge < -0.3 is 0 Å². The molecule has 1 unspecified atom stereocenters. The van der Waals surface area contributed by atoms with Crippen LogP contribution in [0, 0.1) is 11.2 Å². The Morgan fingerprint density at radius 3 is 3.05 bits per heavy atom. The van der Waals surface area contributed by atoms with Gasteiger partial charge in [0.1, 0.15) is 5.15 Å². The van der Waals surface area contributed by atoms with Crippen molar-refractivity contribution in [3.8, 4) is 5.97 Å². The Bertz CT molecular complexity index is 619. The van der Waals surface area contributed by atoms with Crippen LogP contribution in [0.15, 0.2) is 18.3 Å². The van der Waals surface area contributed by atoms with Crippen molar-refractivity contribution in [1.82, 2.24) is 14.6 Å². The number of fused-ring (bicyclic) bond motifs is 1. The van der Waals surface area contributed by atoms with E-state index in [0.29, 0.717) is 11.1 Å². The second-order valence-electron chi connectivity index (χ2n) is 4.79. The van der Waals surface area contributed by atoms with Crippen LogP contribution >= 0.6 is 11.6 Å². The highest BCUT2D eigenvalue weighted by Crippen LogP contribution is 2.33. The summed E-state index contributed by atoms with van der Waals surface area (Å²) in [5, 5.41) is 13.7. The van der Waals surface area contributed by atoms with E-state index in [9.17, 15) is 0 Å². The Kier molecular flexibility index (Phi) is 5.02. The van der Waals surface area contributed by atoms with Gasteiger partial charge in [-0.3, -0.25) is 0 Å². The Labute approximate surface area is 124 Å². The maximum absolute atomic E-state index is 9.04. The third-order valence-electron chi connectivity index (χ3n) is 3.61. The van der Waals surface area contributed by atoms with E-state index in [1.807, 2.05) is 26.0 Å². The van der Waals surface area contributed by atoms with Crippen molar-refractivity contribution in [2.45, 2.75) is 45.2 Å². The highest BCUT2D eigenvalue weighted by atomic mass is 35.5. The highest BCUT2D eigenvalue weighted by molar-refractivity contribution is 6.67. The van der Waals surface area contributed by atoms with Gasteiger partial charge in [-0.15, -0.1) is 0 Å². The van der Waals surface area contributed by atoms with Crippen LogP contribution < -0.4 is 0 Å². The number of nitrogens with zero attached hydrogens (tertiary/aromatic N) is 4. The van der Waals surface area contributed by atoms with E-state index in [1.165, 1.54) is 0 Å². The summed E-state index contributed by atoms with van der Waals surface area (Å²) in [4.78, 5) is 4.60. The Morgan fingerprint density at radius 2 is 2.30 bits per heavy atom.